The molecule has 134 valence electrons. The number of anilines is 1. The molecule has 0 N–H and O–H groups in total. The second kappa shape index (κ2) is 7.93. The van der Waals surface area contributed by atoms with Crippen LogP contribution in [0.5, 0.6) is 11.5 Å². The number of amides is 1. The predicted molar refractivity (Wildman–Crippen MR) is 111 cm³/mol. The number of rotatable bonds is 5. The number of aryl methyl sites for hydroxylation is 1. The van der Waals surface area contributed by atoms with Crippen LogP contribution in [0, 0.1) is 6.92 Å². The van der Waals surface area contributed by atoms with Gasteiger partial charge < -0.3 is 9.47 Å². The summed E-state index contributed by atoms with van der Waals surface area (Å²) in [5, 5.41) is 0. The van der Waals surface area contributed by atoms with Crippen molar-refractivity contribution in [2.75, 3.05) is 18.6 Å². The van der Waals surface area contributed by atoms with E-state index < -0.39 is 0 Å². The zero-order valence-electron chi connectivity index (χ0n) is 14.8. The first-order valence-electron chi connectivity index (χ1n) is 8.19. The number of hydrogen-bond acceptors (Lipinski definition) is 5. The van der Waals surface area contributed by atoms with E-state index in [1.54, 1.807) is 12.0 Å². The van der Waals surface area contributed by atoms with Gasteiger partial charge in [-0.3, -0.25) is 9.69 Å². The molecule has 0 spiro atoms. The molecule has 0 unspecified atom stereocenters. The van der Waals surface area contributed by atoms with Gasteiger partial charge in [-0.2, -0.15) is 0 Å². The van der Waals surface area contributed by atoms with Crippen LogP contribution in [-0.2, 0) is 4.79 Å². The number of ether oxygens (including phenoxy) is 2. The Bertz CT molecular complexity index is 892. The van der Waals surface area contributed by atoms with Crippen LogP contribution in [0.2, 0.25) is 0 Å². The van der Waals surface area contributed by atoms with Gasteiger partial charge in [0.25, 0.3) is 5.91 Å². The molecular weight excluding hydrogens is 366 g/mol. The van der Waals surface area contributed by atoms with Crippen molar-refractivity contribution >= 4 is 46.0 Å². The van der Waals surface area contributed by atoms with Gasteiger partial charge in [-0.25, -0.2) is 0 Å². The molecule has 3 rings (SSSR count). The van der Waals surface area contributed by atoms with Gasteiger partial charge in [-0.1, -0.05) is 48.2 Å². The fourth-order valence-corrected chi connectivity index (χ4v) is 3.99. The van der Waals surface area contributed by atoms with Crippen molar-refractivity contribution in [1.29, 1.82) is 0 Å². The summed E-state index contributed by atoms with van der Waals surface area (Å²) in [5.41, 5.74) is 2.65. The van der Waals surface area contributed by atoms with Gasteiger partial charge in [0, 0.05) is 5.56 Å². The van der Waals surface area contributed by atoms with Crippen LogP contribution in [0.25, 0.3) is 6.08 Å². The lowest BCUT2D eigenvalue weighted by Crippen LogP contribution is -2.27. The first kappa shape index (κ1) is 18.5. The third-order valence-corrected chi connectivity index (χ3v) is 5.16. The Morgan fingerprint density at radius 2 is 2.00 bits per heavy atom. The third-order valence-electron chi connectivity index (χ3n) is 3.86. The number of carbonyl (C=O) groups excluding carboxylic acids is 1. The van der Waals surface area contributed by atoms with E-state index in [-0.39, 0.29) is 5.91 Å². The predicted octanol–water partition coefficient (Wildman–Crippen LogP) is 4.81. The second-order valence-corrected chi connectivity index (χ2v) is 7.34. The lowest BCUT2D eigenvalue weighted by Gasteiger charge is -2.15. The Hall–Kier alpha value is -2.31. The van der Waals surface area contributed by atoms with E-state index in [1.807, 2.05) is 62.4 Å². The van der Waals surface area contributed by atoms with Crippen molar-refractivity contribution in [3.05, 3.63) is 58.5 Å². The quantitative estimate of drug-likeness (QED) is 0.546. The molecule has 1 fully saturated rings. The van der Waals surface area contributed by atoms with Gasteiger partial charge in [0.2, 0.25) is 0 Å². The van der Waals surface area contributed by atoms with E-state index in [0.717, 1.165) is 16.8 Å². The Balaban J connectivity index is 1.99. The molecule has 4 nitrogen and oxygen atoms in total. The summed E-state index contributed by atoms with van der Waals surface area (Å²) < 4.78 is 11.6. The van der Waals surface area contributed by atoms with E-state index in [4.69, 9.17) is 21.7 Å². The Labute approximate surface area is 162 Å². The average Bonchev–Trinajstić information content (AvgIpc) is 2.90. The number of methoxy groups -OCH3 is 1. The third kappa shape index (κ3) is 3.61. The molecule has 1 amide bonds. The minimum atomic E-state index is -0.129. The molecule has 2 aromatic rings. The van der Waals surface area contributed by atoms with Crippen LogP contribution in [0.15, 0.2) is 47.4 Å². The number of benzene rings is 2. The van der Waals surface area contributed by atoms with Crippen molar-refractivity contribution < 1.29 is 14.3 Å². The summed E-state index contributed by atoms with van der Waals surface area (Å²) in [7, 11) is 1.60. The zero-order valence-corrected chi connectivity index (χ0v) is 16.4. The van der Waals surface area contributed by atoms with Crippen molar-refractivity contribution in [3.63, 3.8) is 0 Å². The van der Waals surface area contributed by atoms with Gasteiger partial charge in [-0.05, 0) is 43.7 Å². The molecule has 0 aliphatic carbocycles. The highest BCUT2D eigenvalue weighted by molar-refractivity contribution is 8.27. The second-order valence-electron chi connectivity index (χ2n) is 5.67. The van der Waals surface area contributed by atoms with Crippen LogP contribution in [0.3, 0.4) is 0 Å². The molecule has 6 heteroatoms. The fourth-order valence-electron chi connectivity index (χ4n) is 2.70. The van der Waals surface area contributed by atoms with Crippen molar-refractivity contribution in [2.24, 2.45) is 0 Å². The summed E-state index contributed by atoms with van der Waals surface area (Å²) in [5.74, 6) is 1.13. The van der Waals surface area contributed by atoms with Gasteiger partial charge in [0.15, 0.2) is 15.8 Å². The monoisotopic (exact) mass is 385 g/mol. The summed E-state index contributed by atoms with van der Waals surface area (Å²) >= 11 is 6.73. The molecule has 0 radical (unpaired) electrons. The normalized spacial score (nSPS) is 15.7. The molecule has 1 saturated heterocycles. The first-order chi connectivity index (χ1) is 12.5. The first-order valence-corrected chi connectivity index (χ1v) is 9.42. The minimum absolute atomic E-state index is 0.129. The molecule has 26 heavy (non-hydrogen) atoms. The highest BCUT2D eigenvalue weighted by atomic mass is 32.2. The highest BCUT2D eigenvalue weighted by Gasteiger charge is 2.33. The van der Waals surface area contributed by atoms with E-state index in [0.29, 0.717) is 27.3 Å². The number of thioether (sulfide) groups is 1. The summed E-state index contributed by atoms with van der Waals surface area (Å²) in [6.07, 6.45) is 1.81. The molecular formula is C20H19NO3S2. The fraction of sp³-hybridized carbons (Fsp3) is 0.200. The van der Waals surface area contributed by atoms with Crippen LogP contribution in [0.1, 0.15) is 18.1 Å². The Morgan fingerprint density at radius 3 is 2.69 bits per heavy atom. The highest BCUT2D eigenvalue weighted by Crippen LogP contribution is 2.39. The number of hydrogen-bond donors (Lipinski definition) is 0. The Kier molecular flexibility index (Phi) is 5.64. The number of carbonyl (C=O) groups is 1. The maximum Gasteiger partial charge on any atom is 0.270 e. The summed E-state index contributed by atoms with van der Waals surface area (Å²) in [4.78, 5) is 15.1. The van der Waals surface area contributed by atoms with Gasteiger partial charge >= 0.3 is 0 Å². The lowest BCUT2D eigenvalue weighted by molar-refractivity contribution is -0.113. The smallest absolute Gasteiger partial charge is 0.270 e. The number of thiocarbonyl (C=S) groups is 1. The van der Waals surface area contributed by atoms with Crippen molar-refractivity contribution in [3.8, 4) is 11.5 Å². The van der Waals surface area contributed by atoms with Crippen molar-refractivity contribution in [1.82, 2.24) is 0 Å². The molecule has 1 heterocycles. The standard InChI is InChI=1S/C20H19NO3S2/c1-4-24-18-14(8-6-10-16(18)23-3)12-17-19(22)21(20(25)26-17)15-9-5-7-13(2)11-15/h5-12H,4H2,1-3H3/b17-12-. The van der Waals surface area contributed by atoms with Crippen LogP contribution < -0.4 is 14.4 Å². The maximum absolute atomic E-state index is 12.9. The summed E-state index contributed by atoms with van der Waals surface area (Å²) in [6, 6.07) is 13.3. The van der Waals surface area contributed by atoms with Crippen LogP contribution in [0.4, 0.5) is 5.69 Å². The van der Waals surface area contributed by atoms with Gasteiger partial charge in [-0.15, -0.1) is 0 Å². The topological polar surface area (TPSA) is 38.8 Å². The SMILES string of the molecule is CCOc1c(/C=C2\SC(=S)N(c3cccc(C)c3)C2=O)cccc1OC. The molecule has 0 bridgehead atoms. The van der Waals surface area contributed by atoms with Gasteiger partial charge in [0.1, 0.15) is 0 Å². The molecule has 1 aliphatic heterocycles. The van der Waals surface area contributed by atoms with E-state index in [2.05, 4.69) is 0 Å². The minimum Gasteiger partial charge on any atom is -0.493 e. The van der Waals surface area contributed by atoms with Crippen molar-refractivity contribution in [2.45, 2.75) is 13.8 Å². The maximum atomic E-state index is 12.9. The molecule has 0 saturated carbocycles. The van der Waals surface area contributed by atoms with Crippen LogP contribution >= 0.6 is 24.0 Å². The summed E-state index contributed by atoms with van der Waals surface area (Å²) in [6.45, 7) is 4.40. The van der Waals surface area contributed by atoms with Gasteiger partial charge in [0.05, 0.1) is 24.3 Å². The Morgan fingerprint density at radius 1 is 1.23 bits per heavy atom. The van der Waals surface area contributed by atoms with E-state index in [9.17, 15) is 4.79 Å². The zero-order chi connectivity index (χ0) is 18.7. The molecule has 0 atom stereocenters. The molecule has 1 aliphatic rings. The van der Waals surface area contributed by atoms with E-state index >= 15 is 0 Å². The number of para-hydroxylation sites is 1. The molecule has 0 aromatic heterocycles. The lowest BCUT2D eigenvalue weighted by atomic mass is 10.1. The van der Waals surface area contributed by atoms with E-state index in [1.165, 1.54) is 11.8 Å². The average molecular weight is 386 g/mol. The number of nitrogens with zero attached hydrogens (tertiary/aromatic N) is 1. The van der Waals surface area contributed by atoms with Crippen LogP contribution in [-0.4, -0.2) is 23.9 Å². The largest absolute Gasteiger partial charge is 0.493 e. The molecule has 2 aromatic carbocycles.